The highest BCUT2D eigenvalue weighted by Crippen LogP contribution is 2.35. The first-order valence-electron chi connectivity index (χ1n) is 10.7. The lowest BCUT2D eigenvalue weighted by molar-refractivity contribution is 0.262. The smallest absolute Gasteiger partial charge is 0.307 e. The fourth-order valence-electron chi connectivity index (χ4n) is 3.92. The van der Waals surface area contributed by atoms with Gasteiger partial charge in [0, 0.05) is 16.8 Å². The van der Waals surface area contributed by atoms with Crippen molar-refractivity contribution in [2.75, 3.05) is 10.6 Å². The molecule has 4 rings (SSSR count). The average Bonchev–Trinajstić information content (AvgIpc) is 2.78. The van der Waals surface area contributed by atoms with Crippen LogP contribution in [0.5, 0.6) is 0 Å². The van der Waals surface area contributed by atoms with Crippen LogP contribution in [0.4, 0.5) is 16.2 Å². The predicted molar refractivity (Wildman–Crippen MR) is 136 cm³/mol. The van der Waals surface area contributed by atoms with E-state index in [1.165, 1.54) is 0 Å². The number of carbonyl (C=O) groups excluding carboxylic acids is 1. The summed E-state index contributed by atoms with van der Waals surface area (Å²) in [6, 6.07) is 20.9. The number of urea groups is 1. The lowest BCUT2D eigenvalue weighted by Crippen LogP contribution is -2.22. The number of halogens is 1. The van der Waals surface area contributed by atoms with Crippen molar-refractivity contribution in [3.05, 3.63) is 94.1 Å². The number of nitrogens with zero attached hydrogens (tertiary/aromatic N) is 2. The molecule has 0 bridgehead atoms. The van der Waals surface area contributed by atoms with Crippen LogP contribution in [0.1, 0.15) is 22.4 Å². The van der Waals surface area contributed by atoms with E-state index in [2.05, 4.69) is 15.6 Å². The van der Waals surface area contributed by atoms with Crippen molar-refractivity contribution in [3.8, 4) is 22.6 Å². The lowest BCUT2D eigenvalue weighted by atomic mass is 10.1. The fourth-order valence-corrected chi connectivity index (χ4v) is 4.15. The zero-order valence-electron chi connectivity index (χ0n) is 19.0. The van der Waals surface area contributed by atoms with Crippen molar-refractivity contribution >= 4 is 29.0 Å². The van der Waals surface area contributed by atoms with Crippen molar-refractivity contribution in [2.45, 2.75) is 27.7 Å². The van der Waals surface area contributed by atoms with Crippen molar-refractivity contribution in [1.82, 2.24) is 9.97 Å². The van der Waals surface area contributed by atoms with E-state index in [1.807, 2.05) is 88.4 Å². The predicted octanol–water partition coefficient (Wildman–Crippen LogP) is 7.34. The molecular weight excluding hydrogens is 432 g/mol. The third-order valence-corrected chi connectivity index (χ3v) is 5.73. The molecule has 0 aliphatic carbocycles. The van der Waals surface area contributed by atoms with Crippen LogP contribution in [0.3, 0.4) is 0 Å². The molecule has 0 atom stereocenters. The van der Waals surface area contributed by atoms with E-state index in [-0.39, 0.29) is 6.03 Å². The first-order valence-corrected chi connectivity index (χ1v) is 11.1. The van der Waals surface area contributed by atoms with Crippen LogP contribution in [0.2, 0.25) is 5.02 Å². The Morgan fingerprint density at radius 3 is 2.06 bits per heavy atom. The highest BCUT2D eigenvalue weighted by molar-refractivity contribution is 6.33. The number of rotatable bonds is 4. The second-order valence-electron chi connectivity index (χ2n) is 8.05. The quantitative estimate of drug-likeness (QED) is 0.337. The van der Waals surface area contributed by atoms with E-state index in [0.29, 0.717) is 27.9 Å². The molecule has 0 fully saturated rings. The minimum Gasteiger partial charge on any atom is -0.307 e. The zero-order chi connectivity index (χ0) is 23.5. The van der Waals surface area contributed by atoms with E-state index in [0.717, 1.165) is 33.5 Å². The number of hydrogen-bond donors (Lipinski definition) is 2. The van der Waals surface area contributed by atoms with Gasteiger partial charge in [0.1, 0.15) is 0 Å². The van der Waals surface area contributed by atoms with Gasteiger partial charge in [0.15, 0.2) is 5.82 Å². The van der Waals surface area contributed by atoms with Gasteiger partial charge >= 0.3 is 6.03 Å². The Balaban J connectivity index is 1.76. The molecule has 2 N–H and O–H groups in total. The van der Waals surface area contributed by atoms with Crippen molar-refractivity contribution in [2.24, 2.45) is 0 Å². The fraction of sp³-hybridized carbons (Fsp3) is 0.148. The molecule has 1 heterocycles. The van der Waals surface area contributed by atoms with Crippen LogP contribution in [0, 0.1) is 27.7 Å². The molecule has 166 valence electrons. The summed E-state index contributed by atoms with van der Waals surface area (Å²) in [6.07, 6.45) is 0. The van der Waals surface area contributed by atoms with Gasteiger partial charge in [0.25, 0.3) is 0 Å². The Kier molecular flexibility index (Phi) is 6.43. The second kappa shape index (κ2) is 9.43. The summed E-state index contributed by atoms with van der Waals surface area (Å²) in [5.74, 6) is 0.569. The van der Waals surface area contributed by atoms with Crippen LogP contribution in [0.25, 0.3) is 22.6 Å². The van der Waals surface area contributed by atoms with Crippen molar-refractivity contribution in [3.63, 3.8) is 0 Å². The SMILES string of the molecule is Cc1cc(C)c(NC(=O)Nc2c(C)nc(-c3ccccc3)nc2-c2ccccc2Cl)c(C)c1. The second-order valence-corrected chi connectivity index (χ2v) is 8.46. The molecule has 0 unspecified atom stereocenters. The zero-order valence-corrected chi connectivity index (χ0v) is 19.8. The summed E-state index contributed by atoms with van der Waals surface area (Å²) in [4.78, 5) is 22.5. The topological polar surface area (TPSA) is 66.9 Å². The van der Waals surface area contributed by atoms with Crippen molar-refractivity contribution < 1.29 is 4.79 Å². The summed E-state index contributed by atoms with van der Waals surface area (Å²) >= 11 is 6.52. The summed E-state index contributed by atoms with van der Waals surface area (Å²) in [6.45, 7) is 7.85. The van der Waals surface area contributed by atoms with Gasteiger partial charge in [-0.2, -0.15) is 0 Å². The Hall–Kier alpha value is -3.70. The Morgan fingerprint density at radius 2 is 1.39 bits per heavy atom. The number of nitrogens with one attached hydrogen (secondary N) is 2. The molecule has 0 aliphatic heterocycles. The maximum absolute atomic E-state index is 13.0. The number of amides is 2. The number of aromatic nitrogens is 2. The van der Waals surface area contributed by atoms with Crippen molar-refractivity contribution in [1.29, 1.82) is 0 Å². The molecular formula is C27H25ClN4O. The third kappa shape index (κ3) is 4.89. The van der Waals surface area contributed by atoms with Crippen LogP contribution in [-0.2, 0) is 0 Å². The molecule has 3 aromatic carbocycles. The minimum atomic E-state index is -0.363. The van der Waals surface area contributed by atoms with E-state index in [9.17, 15) is 4.79 Å². The number of anilines is 2. The van der Waals surface area contributed by atoms with E-state index < -0.39 is 0 Å². The molecule has 0 aliphatic rings. The molecule has 33 heavy (non-hydrogen) atoms. The van der Waals surface area contributed by atoms with Crippen LogP contribution in [-0.4, -0.2) is 16.0 Å². The van der Waals surface area contributed by atoms with E-state index in [1.54, 1.807) is 6.07 Å². The Bertz CT molecular complexity index is 1310. The normalized spacial score (nSPS) is 10.7. The third-order valence-electron chi connectivity index (χ3n) is 5.40. The van der Waals surface area contributed by atoms with Gasteiger partial charge in [-0.25, -0.2) is 14.8 Å². The number of benzene rings is 3. The van der Waals surface area contributed by atoms with Gasteiger partial charge in [0.05, 0.1) is 22.1 Å². The molecule has 0 saturated heterocycles. The van der Waals surface area contributed by atoms with Crippen LogP contribution >= 0.6 is 11.6 Å². The number of aryl methyl sites for hydroxylation is 4. The first kappa shape index (κ1) is 22.5. The molecule has 1 aromatic heterocycles. The van der Waals surface area contributed by atoms with Gasteiger partial charge in [-0.05, 0) is 44.9 Å². The van der Waals surface area contributed by atoms with Gasteiger partial charge < -0.3 is 10.6 Å². The maximum atomic E-state index is 13.0. The molecule has 4 aromatic rings. The monoisotopic (exact) mass is 456 g/mol. The lowest BCUT2D eigenvalue weighted by Gasteiger charge is -2.17. The standard InChI is InChI=1S/C27H25ClN4O/c1-16-14-17(2)23(18(3)15-16)31-27(33)32-24-19(4)29-26(20-10-6-5-7-11-20)30-25(24)21-12-8-9-13-22(21)28/h5-15H,1-4H3,(H2,31,32,33). The molecule has 6 heteroatoms. The van der Waals surface area contributed by atoms with E-state index >= 15 is 0 Å². The number of hydrogen-bond acceptors (Lipinski definition) is 3. The summed E-state index contributed by atoms with van der Waals surface area (Å²) in [5.41, 5.74) is 7.28. The average molecular weight is 457 g/mol. The largest absolute Gasteiger partial charge is 0.323 e. The van der Waals surface area contributed by atoms with E-state index in [4.69, 9.17) is 16.6 Å². The summed E-state index contributed by atoms with van der Waals surface area (Å²) in [5, 5.41) is 6.49. The highest BCUT2D eigenvalue weighted by atomic mass is 35.5. The summed E-state index contributed by atoms with van der Waals surface area (Å²) < 4.78 is 0. The molecule has 5 nitrogen and oxygen atoms in total. The molecule has 0 saturated carbocycles. The Morgan fingerprint density at radius 1 is 0.788 bits per heavy atom. The maximum Gasteiger partial charge on any atom is 0.323 e. The molecule has 0 radical (unpaired) electrons. The van der Waals surface area contributed by atoms with Gasteiger partial charge in [0.2, 0.25) is 0 Å². The van der Waals surface area contributed by atoms with Gasteiger partial charge in [-0.15, -0.1) is 0 Å². The summed E-state index contributed by atoms with van der Waals surface area (Å²) in [7, 11) is 0. The molecule has 0 spiro atoms. The van der Waals surface area contributed by atoms with Gasteiger partial charge in [-0.1, -0.05) is 77.8 Å². The molecule has 2 amide bonds. The first-order chi connectivity index (χ1) is 15.8. The Labute approximate surface area is 198 Å². The van der Waals surface area contributed by atoms with Crippen LogP contribution in [0.15, 0.2) is 66.7 Å². The minimum absolute atomic E-state index is 0.363. The van der Waals surface area contributed by atoms with Gasteiger partial charge in [-0.3, -0.25) is 0 Å². The van der Waals surface area contributed by atoms with Crippen LogP contribution < -0.4 is 10.6 Å². The highest BCUT2D eigenvalue weighted by Gasteiger charge is 2.19. The number of carbonyl (C=O) groups is 1.